The van der Waals surface area contributed by atoms with Crippen molar-refractivity contribution in [3.63, 3.8) is 0 Å². The average Bonchev–Trinajstić information content (AvgIpc) is 3.65. The summed E-state index contributed by atoms with van der Waals surface area (Å²) in [6, 6.07) is 18.0. The van der Waals surface area contributed by atoms with Gasteiger partial charge in [0.2, 0.25) is 0 Å². The monoisotopic (exact) mass is 550 g/mol. The van der Waals surface area contributed by atoms with Crippen molar-refractivity contribution in [2.75, 3.05) is 6.54 Å². The number of halogens is 3. The summed E-state index contributed by atoms with van der Waals surface area (Å²) in [6.07, 6.45) is 1.69. The van der Waals surface area contributed by atoms with E-state index in [9.17, 15) is 22.8 Å². The van der Waals surface area contributed by atoms with Crippen molar-refractivity contribution in [2.45, 2.75) is 50.6 Å². The van der Waals surface area contributed by atoms with Gasteiger partial charge in [-0.2, -0.15) is 18.3 Å². The molecule has 0 aliphatic heterocycles. The first kappa shape index (κ1) is 27.4. The molecule has 0 saturated heterocycles. The maximum atomic E-state index is 13.5. The standard InChI is InChI=1S/C30H29F3N4O3/c31-30(32,33)27-24(19-37(36-27)23-10-5-2-6-11-23)28(39)34-17-7-12-25(38)20-13-15-22(16-14-20)29-35-18-26(40-29)21-8-3-1-4-9-21/h1-6,8-11,18-20,22H,7,12-17H2,(H,34,39). The highest BCUT2D eigenvalue weighted by atomic mass is 19.4. The highest BCUT2D eigenvalue weighted by Crippen LogP contribution is 2.37. The number of aromatic nitrogens is 3. The number of hydrogen-bond donors (Lipinski definition) is 1. The predicted octanol–water partition coefficient (Wildman–Crippen LogP) is 6.60. The molecule has 208 valence electrons. The maximum absolute atomic E-state index is 13.5. The van der Waals surface area contributed by atoms with E-state index in [1.54, 1.807) is 36.5 Å². The Morgan fingerprint density at radius 2 is 1.65 bits per heavy atom. The Hall–Kier alpha value is -4.21. The van der Waals surface area contributed by atoms with Gasteiger partial charge in [-0.1, -0.05) is 48.5 Å². The molecule has 2 aromatic carbocycles. The molecule has 0 spiro atoms. The third kappa shape index (κ3) is 6.32. The summed E-state index contributed by atoms with van der Waals surface area (Å²) in [4.78, 5) is 29.8. The van der Waals surface area contributed by atoms with E-state index in [1.165, 1.54) is 0 Å². The van der Waals surface area contributed by atoms with Gasteiger partial charge in [0, 0.05) is 36.6 Å². The highest BCUT2D eigenvalue weighted by Gasteiger charge is 2.39. The van der Waals surface area contributed by atoms with Gasteiger partial charge in [0.15, 0.2) is 17.3 Å². The minimum atomic E-state index is -4.78. The van der Waals surface area contributed by atoms with E-state index in [0.717, 1.165) is 47.9 Å². The average molecular weight is 551 g/mol. The lowest BCUT2D eigenvalue weighted by molar-refractivity contribution is -0.141. The second kappa shape index (κ2) is 11.9. The number of para-hydroxylation sites is 1. The molecule has 0 bridgehead atoms. The number of ketones is 1. The number of carbonyl (C=O) groups excluding carboxylic acids is 2. The van der Waals surface area contributed by atoms with E-state index < -0.39 is 23.3 Å². The lowest BCUT2D eigenvalue weighted by Gasteiger charge is -2.25. The predicted molar refractivity (Wildman–Crippen MR) is 142 cm³/mol. The molecule has 10 heteroatoms. The first-order chi connectivity index (χ1) is 19.3. The zero-order valence-corrected chi connectivity index (χ0v) is 21.7. The number of nitrogens with zero attached hydrogens (tertiary/aromatic N) is 3. The number of oxazole rings is 1. The largest absolute Gasteiger partial charge is 0.440 e. The van der Waals surface area contributed by atoms with E-state index in [2.05, 4.69) is 15.4 Å². The second-order valence-electron chi connectivity index (χ2n) is 9.97. The van der Waals surface area contributed by atoms with Crippen LogP contribution in [-0.2, 0) is 11.0 Å². The third-order valence-electron chi connectivity index (χ3n) is 7.25. The Kier molecular flexibility index (Phi) is 8.14. The van der Waals surface area contributed by atoms with Crippen LogP contribution < -0.4 is 5.32 Å². The number of hydrogen-bond acceptors (Lipinski definition) is 5. The molecule has 0 atom stereocenters. The first-order valence-electron chi connectivity index (χ1n) is 13.3. The van der Waals surface area contributed by atoms with Gasteiger partial charge in [0.05, 0.1) is 17.4 Å². The summed E-state index contributed by atoms with van der Waals surface area (Å²) in [6.45, 7) is 0.0896. The summed E-state index contributed by atoms with van der Waals surface area (Å²) < 4.78 is 47.7. The van der Waals surface area contributed by atoms with Gasteiger partial charge in [-0.3, -0.25) is 9.59 Å². The number of carbonyl (C=O) groups is 2. The van der Waals surface area contributed by atoms with Crippen LogP contribution in [0.4, 0.5) is 13.2 Å². The Labute approximate surface area is 229 Å². The van der Waals surface area contributed by atoms with Gasteiger partial charge in [-0.15, -0.1) is 0 Å². The molecular weight excluding hydrogens is 521 g/mol. The quantitative estimate of drug-likeness (QED) is 0.237. The number of benzene rings is 2. The van der Waals surface area contributed by atoms with Crippen LogP contribution in [-0.4, -0.2) is 33.0 Å². The molecule has 4 aromatic rings. The fourth-order valence-electron chi connectivity index (χ4n) is 5.10. The zero-order valence-electron chi connectivity index (χ0n) is 21.7. The van der Waals surface area contributed by atoms with Gasteiger partial charge in [-0.05, 0) is 44.2 Å². The molecule has 40 heavy (non-hydrogen) atoms. The fourth-order valence-corrected chi connectivity index (χ4v) is 5.10. The number of alkyl halides is 3. The van der Waals surface area contributed by atoms with Crippen LogP contribution >= 0.6 is 0 Å². The third-order valence-corrected chi connectivity index (χ3v) is 7.25. The van der Waals surface area contributed by atoms with Gasteiger partial charge in [0.25, 0.3) is 5.91 Å². The highest BCUT2D eigenvalue weighted by molar-refractivity contribution is 5.95. The summed E-state index contributed by atoms with van der Waals surface area (Å²) in [5.41, 5.74) is -0.421. The number of amides is 1. The fraction of sp³-hybridized carbons (Fsp3) is 0.333. The molecule has 2 aromatic heterocycles. The Morgan fingerprint density at radius 1 is 0.975 bits per heavy atom. The lowest BCUT2D eigenvalue weighted by Crippen LogP contribution is -2.27. The molecule has 1 fully saturated rings. The molecule has 2 heterocycles. The Morgan fingerprint density at radius 3 is 2.33 bits per heavy atom. The van der Waals surface area contributed by atoms with Crippen LogP contribution in [0.2, 0.25) is 0 Å². The Bertz CT molecular complexity index is 1440. The van der Waals surface area contributed by atoms with Gasteiger partial charge in [0.1, 0.15) is 5.78 Å². The summed E-state index contributed by atoms with van der Waals surface area (Å²) in [5.74, 6) is 0.755. The number of nitrogens with one attached hydrogen (secondary N) is 1. The van der Waals surface area contributed by atoms with Crippen molar-refractivity contribution >= 4 is 11.7 Å². The van der Waals surface area contributed by atoms with Crippen LogP contribution in [0.5, 0.6) is 0 Å². The lowest BCUT2D eigenvalue weighted by atomic mass is 9.79. The van der Waals surface area contributed by atoms with E-state index in [4.69, 9.17) is 4.42 Å². The minimum Gasteiger partial charge on any atom is -0.440 e. The van der Waals surface area contributed by atoms with Crippen molar-refractivity contribution in [3.8, 4) is 17.0 Å². The van der Waals surface area contributed by atoms with Crippen LogP contribution in [0.15, 0.2) is 77.5 Å². The number of rotatable bonds is 9. The van der Waals surface area contributed by atoms with Crippen LogP contribution in [0.1, 0.15) is 66.4 Å². The molecule has 7 nitrogen and oxygen atoms in total. The van der Waals surface area contributed by atoms with Crippen molar-refractivity contribution < 1.29 is 27.2 Å². The molecule has 1 aliphatic carbocycles. The van der Waals surface area contributed by atoms with Crippen molar-refractivity contribution in [1.82, 2.24) is 20.1 Å². The molecule has 1 amide bonds. The van der Waals surface area contributed by atoms with Crippen molar-refractivity contribution in [2.24, 2.45) is 5.92 Å². The first-order valence-corrected chi connectivity index (χ1v) is 13.3. The molecule has 0 unspecified atom stereocenters. The second-order valence-corrected chi connectivity index (χ2v) is 9.97. The Balaban J connectivity index is 1.09. The van der Waals surface area contributed by atoms with Crippen LogP contribution in [0.3, 0.4) is 0 Å². The van der Waals surface area contributed by atoms with Gasteiger partial charge >= 0.3 is 6.18 Å². The minimum absolute atomic E-state index is 0.0727. The van der Waals surface area contributed by atoms with E-state index in [-0.39, 0.29) is 30.6 Å². The van der Waals surface area contributed by atoms with Gasteiger partial charge < -0.3 is 9.73 Å². The topological polar surface area (TPSA) is 90.0 Å². The molecule has 5 rings (SSSR count). The summed E-state index contributed by atoms with van der Waals surface area (Å²) >= 11 is 0. The molecule has 0 radical (unpaired) electrons. The normalized spacial score (nSPS) is 17.5. The van der Waals surface area contributed by atoms with Crippen LogP contribution in [0.25, 0.3) is 17.0 Å². The summed E-state index contributed by atoms with van der Waals surface area (Å²) in [5, 5.41) is 6.11. The summed E-state index contributed by atoms with van der Waals surface area (Å²) in [7, 11) is 0. The molecular formula is C30H29F3N4O3. The van der Waals surface area contributed by atoms with Crippen molar-refractivity contribution in [1.29, 1.82) is 0 Å². The zero-order chi connectivity index (χ0) is 28.1. The molecule has 1 N–H and O–H groups in total. The van der Waals surface area contributed by atoms with E-state index in [1.807, 2.05) is 30.3 Å². The van der Waals surface area contributed by atoms with Gasteiger partial charge in [-0.25, -0.2) is 9.67 Å². The van der Waals surface area contributed by atoms with E-state index >= 15 is 0 Å². The molecule has 1 aliphatic rings. The SMILES string of the molecule is O=C(NCCCC(=O)C1CCC(c2ncc(-c3ccccc3)o2)CC1)c1cn(-c2ccccc2)nc1C(F)(F)F. The van der Waals surface area contributed by atoms with Crippen LogP contribution in [0, 0.1) is 5.92 Å². The maximum Gasteiger partial charge on any atom is 0.435 e. The van der Waals surface area contributed by atoms with E-state index in [0.29, 0.717) is 18.0 Å². The van der Waals surface area contributed by atoms with Crippen molar-refractivity contribution in [3.05, 3.63) is 90.2 Å². The number of Topliss-reactive ketones (excluding diaryl/α,β-unsaturated/α-hetero) is 1. The molecule has 1 saturated carbocycles. The smallest absolute Gasteiger partial charge is 0.435 e.